The van der Waals surface area contributed by atoms with E-state index < -0.39 is 0 Å². The van der Waals surface area contributed by atoms with Crippen molar-refractivity contribution in [3.05, 3.63) is 0 Å². The van der Waals surface area contributed by atoms with E-state index in [0.717, 1.165) is 58.4 Å². The predicted octanol–water partition coefficient (Wildman–Crippen LogP) is 2.41. The summed E-state index contributed by atoms with van der Waals surface area (Å²) in [7, 11) is 0. The van der Waals surface area contributed by atoms with Crippen molar-refractivity contribution in [1.82, 2.24) is 15.1 Å². The highest BCUT2D eigenvalue weighted by Crippen LogP contribution is 2.32. The van der Waals surface area contributed by atoms with Gasteiger partial charge in [-0.25, -0.2) is 0 Å². The minimum atomic E-state index is 0. The smallest absolute Gasteiger partial charge is 0.193 e. The molecule has 2 saturated heterocycles. The van der Waals surface area contributed by atoms with E-state index in [1.165, 1.54) is 12.8 Å². The molecule has 0 aliphatic carbocycles. The molecule has 2 atom stereocenters. The lowest BCUT2D eigenvalue weighted by Gasteiger charge is -2.32. The Bertz CT molecular complexity index is 374. The van der Waals surface area contributed by atoms with Gasteiger partial charge in [-0.2, -0.15) is 0 Å². The highest BCUT2D eigenvalue weighted by molar-refractivity contribution is 14.0. The number of rotatable bonds is 5. The molecule has 136 valence electrons. The van der Waals surface area contributed by atoms with Gasteiger partial charge in [0, 0.05) is 38.8 Å². The number of likely N-dealkylation sites (tertiary alicyclic amines) is 1. The van der Waals surface area contributed by atoms with Gasteiger partial charge in [-0.15, -0.1) is 24.0 Å². The van der Waals surface area contributed by atoms with E-state index in [1.54, 1.807) is 0 Å². The average molecular weight is 438 g/mol. The summed E-state index contributed by atoms with van der Waals surface area (Å²) in [4.78, 5) is 9.85. The molecule has 23 heavy (non-hydrogen) atoms. The van der Waals surface area contributed by atoms with Crippen LogP contribution in [0.2, 0.25) is 0 Å². The molecule has 0 saturated carbocycles. The highest BCUT2D eigenvalue weighted by Gasteiger charge is 2.33. The zero-order valence-corrected chi connectivity index (χ0v) is 17.6. The number of morpholine rings is 1. The first kappa shape index (κ1) is 21.0. The number of aliphatic imine (C=N–C) groups is 1. The number of hydrogen-bond acceptors (Lipinski definition) is 3. The van der Waals surface area contributed by atoms with Crippen molar-refractivity contribution in [2.24, 2.45) is 10.4 Å². The van der Waals surface area contributed by atoms with Crippen LogP contribution in [0.5, 0.6) is 0 Å². The SMILES string of the molecule is CCNC(=NCC(C)N1CCOCC1)N1CCC(C)(CC)C1.I. The zero-order valence-electron chi connectivity index (χ0n) is 15.3. The monoisotopic (exact) mass is 438 g/mol. The summed E-state index contributed by atoms with van der Waals surface area (Å²) in [6, 6.07) is 0.484. The normalized spacial score (nSPS) is 27.7. The summed E-state index contributed by atoms with van der Waals surface area (Å²) < 4.78 is 5.43. The van der Waals surface area contributed by atoms with E-state index >= 15 is 0 Å². The van der Waals surface area contributed by atoms with Crippen molar-refractivity contribution >= 4 is 29.9 Å². The lowest BCUT2D eigenvalue weighted by atomic mass is 9.87. The van der Waals surface area contributed by atoms with Gasteiger partial charge in [0.05, 0.1) is 19.8 Å². The predicted molar refractivity (Wildman–Crippen MR) is 108 cm³/mol. The van der Waals surface area contributed by atoms with E-state index in [2.05, 4.69) is 42.8 Å². The largest absolute Gasteiger partial charge is 0.379 e. The van der Waals surface area contributed by atoms with Crippen LogP contribution < -0.4 is 5.32 Å². The van der Waals surface area contributed by atoms with Crippen LogP contribution in [-0.4, -0.2) is 74.3 Å². The Morgan fingerprint density at radius 3 is 2.52 bits per heavy atom. The van der Waals surface area contributed by atoms with Gasteiger partial charge in [-0.1, -0.05) is 13.8 Å². The molecule has 2 rings (SSSR count). The molecule has 2 aliphatic rings. The third-order valence-corrected chi connectivity index (χ3v) is 5.22. The molecule has 0 bridgehead atoms. The third kappa shape index (κ3) is 6.05. The van der Waals surface area contributed by atoms with Gasteiger partial charge in [-0.3, -0.25) is 9.89 Å². The minimum Gasteiger partial charge on any atom is -0.379 e. The number of guanidine groups is 1. The Morgan fingerprint density at radius 1 is 1.26 bits per heavy atom. The molecular weight excluding hydrogens is 403 g/mol. The maximum Gasteiger partial charge on any atom is 0.193 e. The summed E-state index contributed by atoms with van der Waals surface area (Å²) in [6.07, 6.45) is 2.51. The van der Waals surface area contributed by atoms with Crippen LogP contribution in [0.3, 0.4) is 0 Å². The Labute approximate surface area is 159 Å². The molecular formula is C17H35IN4O. The van der Waals surface area contributed by atoms with Gasteiger partial charge >= 0.3 is 0 Å². The van der Waals surface area contributed by atoms with E-state index in [9.17, 15) is 0 Å². The molecule has 2 unspecified atom stereocenters. The molecule has 2 heterocycles. The lowest BCUT2D eigenvalue weighted by Crippen LogP contribution is -2.45. The molecule has 1 N–H and O–H groups in total. The third-order valence-electron chi connectivity index (χ3n) is 5.22. The quantitative estimate of drug-likeness (QED) is 0.407. The lowest BCUT2D eigenvalue weighted by molar-refractivity contribution is 0.0220. The zero-order chi connectivity index (χ0) is 16.0. The summed E-state index contributed by atoms with van der Waals surface area (Å²) in [5.41, 5.74) is 0.450. The van der Waals surface area contributed by atoms with Crippen LogP contribution in [0, 0.1) is 5.41 Å². The molecule has 0 aromatic rings. The van der Waals surface area contributed by atoms with Crippen LogP contribution in [0.15, 0.2) is 4.99 Å². The molecule has 0 amide bonds. The number of hydrogen-bond donors (Lipinski definition) is 1. The summed E-state index contributed by atoms with van der Waals surface area (Å²) in [5.74, 6) is 1.10. The molecule has 0 spiro atoms. The van der Waals surface area contributed by atoms with Gasteiger partial charge in [0.1, 0.15) is 0 Å². The van der Waals surface area contributed by atoms with Crippen molar-refractivity contribution in [2.75, 3.05) is 52.5 Å². The molecule has 2 aliphatic heterocycles. The first-order valence-electron chi connectivity index (χ1n) is 8.93. The summed E-state index contributed by atoms with van der Waals surface area (Å²) >= 11 is 0. The number of ether oxygens (including phenoxy) is 1. The van der Waals surface area contributed by atoms with Gasteiger partial charge in [0.15, 0.2) is 5.96 Å². The molecule has 0 aromatic heterocycles. The highest BCUT2D eigenvalue weighted by atomic mass is 127. The van der Waals surface area contributed by atoms with Crippen LogP contribution in [-0.2, 0) is 4.74 Å². The molecule has 0 aromatic carbocycles. The van der Waals surface area contributed by atoms with Crippen LogP contribution in [0.1, 0.15) is 40.5 Å². The van der Waals surface area contributed by atoms with E-state index in [4.69, 9.17) is 9.73 Å². The van der Waals surface area contributed by atoms with Crippen molar-refractivity contribution < 1.29 is 4.74 Å². The van der Waals surface area contributed by atoms with E-state index in [1.807, 2.05) is 0 Å². The fourth-order valence-electron chi connectivity index (χ4n) is 3.27. The number of halogens is 1. The van der Waals surface area contributed by atoms with Gasteiger partial charge in [0.2, 0.25) is 0 Å². The van der Waals surface area contributed by atoms with Gasteiger partial charge in [-0.05, 0) is 32.1 Å². The van der Waals surface area contributed by atoms with Crippen molar-refractivity contribution in [3.63, 3.8) is 0 Å². The van der Waals surface area contributed by atoms with Gasteiger partial charge < -0.3 is 15.0 Å². The van der Waals surface area contributed by atoms with Crippen molar-refractivity contribution in [3.8, 4) is 0 Å². The Hall–Kier alpha value is -0.0800. The maximum absolute atomic E-state index is 5.43. The molecule has 2 fully saturated rings. The molecule has 0 radical (unpaired) electrons. The van der Waals surface area contributed by atoms with Crippen molar-refractivity contribution in [2.45, 2.75) is 46.6 Å². The molecule has 6 heteroatoms. The second-order valence-corrected chi connectivity index (χ2v) is 7.03. The number of nitrogens with zero attached hydrogens (tertiary/aromatic N) is 3. The Balaban J connectivity index is 0.00000264. The van der Waals surface area contributed by atoms with Crippen LogP contribution >= 0.6 is 24.0 Å². The standard InChI is InChI=1S/C17H34N4O.HI/c1-5-17(4)7-8-21(14-17)16(18-6-2)19-13-15(3)20-9-11-22-12-10-20;/h15H,5-14H2,1-4H3,(H,18,19);1H. The minimum absolute atomic E-state index is 0. The van der Waals surface area contributed by atoms with Gasteiger partial charge in [0.25, 0.3) is 0 Å². The summed E-state index contributed by atoms with van der Waals surface area (Å²) in [6.45, 7) is 16.9. The first-order valence-corrected chi connectivity index (χ1v) is 8.93. The fraction of sp³-hybridized carbons (Fsp3) is 0.941. The van der Waals surface area contributed by atoms with E-state index in [-0.39, 0.29) is 24.0 Å². The summed E-state index contributed by atoms with van der Waals surface area (Å²) in [5, 5.41) is 3.48. The fourth-order valence-corrected chi connectivity index (χ4v) is 3.27. The Kier molecular flexibility index (Phi) is 9.15. The maximum atomic E-state index is 5.43. The topological polar surface area (TPSA) is 40.1 Å². The van der Waals surface area contributed by atoms with Crippen molar-refractivity contribution in [1.29, 1.82) is 0 Å². The molecule has 5 nitrogen and oxygen atoms in total. The van der Waals surface area contributed by atoms with Crippen LogP contribution in [0.25, 0.3) is 0 Å². The first-order chi connectivity index (χ1) is 10.6. The second-order valence-electron chi connectivity index (χ2n) is 7.03. The van der Waals surface area contributed by atoms with E-state index in [0.29, 0.717) is 11.5 Å². The average Bonchev–Trinajstić information content (AvgIpc) is 2.95. The number of nitrogens with one attached hydrogen (secondary N) is 1. The van der Waals surface area contributed by atoms with Crippen LogP contribution in [0.4, 0.5) is 0 Å². The second kappa shape index (κ2) is 10.0. The Morgan fingerprint density at radius 2 is 1.96 bits per heavy atom.